The molecule has 0 saturated heterocycles. The molecule has 0 aliphatic rings. The van der Waals surface area contributed by atoms with Gasteiger partial charge >= 0.3 is 0 Å². The van der Waals surface area contributed by atoms with Crippen molar-refractivity contribution < 1.29 is 14.6 Å². The number of hydrogen-bond acceptors (Lipinski definition) is 4. The fraction of sp³-hybridized carbons (Fsp3) is 0.176. The first-order chi connectivity index (χ1) is 11.0. The van der Waals surface area contributed by atoms with Gasteiger partial charge in [-0.1, -0.05) is 6.07 Å². The zero-order valence-corrected chi connectivity index (χ0v) is 12.9. The average molecular weight is 311 g/mol. The lowest BCUT2D eigenvalue weighted by Gasteiger charge is -2.10. The van der Waals surface area contributed by atoms with Crippen LogP contribution in [0.2, 0.25) is 0 Å². The Morgan fingerprint density at radius 3 is 3.00 bits per heavy atom. The molecule has 0 radical (unpaired) electrons. The molecule has 1 aromatic carbocycles. The number of aromatic nitrogens is 2. The maximum Gasteiger partial charge on any atom is 0.262 e. The third-order valence-electron chi connectivity index (χ3n) is 3.35. The highest BCUT2D eigenvalue weighted by Gasteiger charge is 2.10. The molecule has 118 valence electrons. The number of ether oxygens (including phenoxy) is 1. The number of aryl methyl sites for hydroxylation is 2. The number of nitrogens with one attached hydrogen (secondary N) is 1. The summed E-state index contributed by atoms with van der Waals surface area (Å²) in [7, 11) is 0. The number of benzene rings is 1. The molecule has 0 fully saturated rings. The molecule has 23 heavy (non-hydrogen) atoms. The Morgan fingerprint density at radius 1 is 1.35 bits per heavy atom. The number of amides is 1. The Kier molecular flexibility index (Phi) is 3.89. The van der Waals surface area contributed by atoms with Crippen LogP contribution in [0.15, 0.2) is 42.7 Å². The molecule has 3 aromatic rings. The second kappa shape index (κ2) is 6.00. The van der Waals surface area contributed by atoms with E-state index in [4.69, 9.17) is 4.74 Å². The molecular formula is C17H17N3O3. The zero-order valence-electron chi connectivity index (χ0n) is 12.9. The van der Waals surface area contributed by atoms with E-state index in [-0.39, 0.29) is 18.3 Å². The Labute approximate surface area is 133 Å². The lowest BCUT2D eigenvalue weighted by atomic mass is 10.2. The molecule has 0 bridgehead atoms. The first kappa shape index (κ1) is 14.9. The summed E-state index contributed by atoms with van der Waals surface area (Å²) in [6.45, 7) is 3.61. The third kappa shape index (κ3) is 3.26. The van der Waals surface area contributed by atoms with Crippen molar-refractivity contribution >= 4 is 17.2 Å². The number of phenols is 1. The van der Waals surface area contributed by atoms with E-state index in [1.54, 1.807) is 24.3 Å². The van der Waals surface area contributed by atoms with Gasteiger partial charge in [0, 0.05) is 12.4 Å². The highest BCUT2D eigenvalue weighted by molar-refractivity contribution is 5.93. The van der Waals surface area contributed by atoms with E-state index in [0.717, 1.165) is 11.3 Å². The number of rotatable bonds is 4. The molecule has 6 nitrogen and oxygen atoms in total. The quantitative estimate of drug-likeness (QED) is 0.726. The summed E-state index contributed by atoms with van der Waals surface area (Å²) >= 11 is 0. The minimum absolute atomic E-state index is 0.0231. The Bertz CT molecular complexity index is 871. The second-order valence-corrected chi connectivity index (χ2v) is 5.34. The van der Waals surface area contributed by atoms with E-state index in [0.29, 0.717) is 17.1 Å². The van der Waals surface area contributed by atoms with Gasteiger partial charge in [0.25, 0.3) is 5.91 Å². The lowest BCUT2D eigenvalue weighted by Crippen LogP contribution is -2.20. The van der Waals surface area contributed by atoms with E-state index in [9.17, 15) is 9.90 Å². The minimum Gasteiger partial charge on any atom is -0.506 e. The van der Waals surface area contributed by atoms with Crippen LogP contribution in [0.3, 0.4) is 0 Å². The number of imidazole rings is 1. The number of carbonyl (C=O) groups is 1. The van der Waals surface area contributed by atoms with Crippen LogP contribution in [0.4, 0.5) is 5.69 Å². The highest BCUT2D eigenvalue weighted by atomic mass is 16.5. The van der Waals surface area contributed by atoms with Gasteiger partial charge in [0.1, 0.15) is 5.75 Å². The molecule has 0 aliphatic heterocycles. The molecule has 2 heterocycles. The lowest BCUT2D eigenvalue weighted by molar-refractivity contribution is -0.118. The van der Waals surface area contributed by atoms with Crippen LogP contribution in [-0.2, 0) is 4.79 Å². The average Bonchev–Trinajstić information content (AvgIpc) is 2.89. The molecule has 2 aromatic heterocycles. The van der Waals surface area contributed by atoms with Gasteiger partial charge in [0.05, 0.1) is 11.4 Å². The predicted octanol–water partition coefficient (Wildman–Crippen LogP) is 2.67. The summed E-state index contributed by atoms with van der Waals surface area (Å²) in [6.07, 6.45) is 3.75. The molecule has 0 saturated carbocycles. The smallest absolute Gasteiger partial charge is 0.262 e. The number of aromatic hydroxyl groups is 1. The first-order valence-corrected chi connectivity index (χ1v) is 7.19. The zero-order chi connectivity index (χ0) is 16.4. The van der Waals surface area contributed by atoms with E-state index >= 15 is 0 Å². The van der Waals surface area contributed by atoms with Gasteiger partial charge in [-0.05, 0) is 43.7 Å². The summed E-state index contributed by atoms with van der Waals surface area (Å²) < 4.78 is 7.40. The Balaban J connectivity index is 1.70. The van der Waals surface area contributed by atoms with Crippen molar-refractivity contribution in [3.63, 3.8) is 0 Å². The molecular weight excluding hydrogens is 294 g/mol. The van der Waals surface area contributed by atoms with Crippen LogP contribution in [0.5, 0.6) is 11.5 Å². The monoisotopic (exact) mass is 311 g/mol. The van der Waals surface area contributed by atoms with Crippen LogP contribution in [0.1, 0.15) is 11.3 Å². The van der Waals surface area contributed by atoms with Crippen LogP contribution < -0.4 is 10.1 Å². The predicted molar refractivity (Wildman–Crippen MR) is 86.9 cm³/mol. The van der Waals surface area contributed by atoms with Crippen molar-refractivity contribution in [1.29, 1.82) is 0 Å². The van der Waals surface area contributed by atoms with Crippen molar-refractivity contribution in [3.05, 3.63) is 54.0 Å². The maximum absolute atomic E-state index is 12.0. The summed E-state index contributed by atoms with van der Waals surface area (Å²) in [5.74, 6) is 0.204. The summed E-state index contributed by atoms with van der Waals surface area (Å²) in [5, 5.41) is 12.4. The van der Waals surface area contributed by atoms with E-state index in [2.05, 4.69) is 10.3 Å². The van der Waals surface area contributed by atoms with Crippen LogP contribution >= 0.6 is 0 Å². The largest absolute Gasteiger partial charge is 0.506 e. The topological polar surface area (TPSA) is 75.9 Å². The molecule has 0 unspecified atom stereocenters. The number of pyridine rings is 1. The van der Waals surface area contributed by atoms with Gasteiger partial charge in [0.15, 0.2) is 18.0 Å². The fourth-order valence-electron chi connectivity index (χ4n) is 2.30. The number of phenolic OH excluding ortho intramolecular Hbond substituents is 1. The summed E-state index contributed by atoms with van der Waals surface area (Å²) in [4.78, 5) is 16.4. The highest BCUT2D eigenvalue weighted by Crippen LogP contribution is 2.24. The van der Waals surface area contributed by atoms with E-state index < -0.39 is 0 Å². The van der Waals surface area contributed by atoms with Gasteiger partial charge in [-0.2, -0.15) is 0 Å². The van der Waals surface area contributed by atoms with Crippen LogP contribution in [0.25, 0.3) is 5.65 Å². The maximum atomic E-state index is 12.0. The molecule has 0 aliphatic carbocycles. The minimum atomic E-state index is -0.351. The first-order valence-electron chi connectivity index (χ1n) is 7.19. The van der Waals surface area contributed by atoms with Crippen molar-refractivity contribution in [2.75, 3.05) is 11.9 Å². The number of fused-ring (bicyclic) bond motifs is 1. The van der Waals surface area contributed by atoms with E-state index in [1.165, 1.54) is 0 Å². The number of anilines is 1. The van der Waals surface area contributed by atoms with Gasteiger partial charge in [-0.25, -0.2) is 4.98 Å². The van der Waals surface area contributed by atoms with Crippen molar-refractivity contribution in [2.45, 2.75) is 13.8 Å². The number of nitrogens with zero attached hydrogens (tertiary/aromatic N) is 2. The molecule has 1 amide bonds. The normalized spacial score (nSPS) is 10.7. The van der Waals surface area contributed by atoms with Crippen LogP contribution in [-0.4, -0.2) is 27.0 Å². The summed E-state index contributed by atoms with van der Waals surface area (Å²) in [6, 6.07) is 8.60. The fourth-order valence-corrected chi connectivity index (χ4v) is 2.30. The number of hydrogen-bond donors (Lipinski definition) is 2. The van der Waals surface area contributed by atoms with Crippen molar-refractivity contribution in [1.82, 2.24) is 9.38 Å². The van der Waals surface area contributed by atoms with E-state index in [1.807, 2.05) is 36.7 Å². The Hall–Kier alpha value is -3.02. The van der Waals surface area contributed by atoms with Crippen molar-refractivity contribution in [3.8, 4) is 11.5 Å². The molecule has 3 rings (SSSR count). The van der Waals surface area contributed by atoms with Gasteiger partial charge < -0.3 is 19.6 Å². The molecule has 0 atom stereocenters. The van der Waals surface area contributed by atoms with Gasteiger partial charge in [0.2, 0.25) is 0 Å². The Morgan fingerprint density at radius 2 is 2.17 bits per heavy atom. The molecule has 0 spiro atoms. The SMILES string of the molecule is Cc1ccc(O)c(NC(=O)COc2cccn3cc(C)nc23)c1. The third-order valence-corrected chi connectivity index (χ3v) is 3.35. The van der Waals surface area contributed by atoms with Crippen LogP contribution in [0, 0.1) is 13.8 Å². The summed E-state index contributed by atoms with van der Waals surface area (Å²) in [5.41, 5.74) is 2.84. The second-order valence-electron chi connectivity index (χ2n) is 5.34. The van der Waals surface area contributed by atoms with Gasteiger partial charge in [-0.3, -0.25) is 4.79 Å². The van der Waals surface area contributed by atoms with Gasteiger partial charge in [-0.15, -0.1) is 0 Å². The molecule has 2 N–H and O–H groups in total. The standard InChI is InChI=1S/C17H17N3O3/c1-11-5-6-14(21)13(8-11)19-16(22)10-23-15-4-3-7-20-9-12(2)18-17(15)20/h3-9,21H,10H2,1-2H3,(H,19,22). The molecule has 6 heteroatoms. The number of carbonyl (C=O) groups excluding carboxylic acids is 1. The van der Waals surface area contributed by atoms with Crippen molar-refractivity contribution in [2.24, 2.45) is 0 Å².